The normalized spacial score (nSPS) is 12.0. The molecule has 1 aliphatic heterocycles. The van der Waals surface area contributed by atoms with E-state index in [1.807, 2.05) is 0 Å². The summed E-state index contributed by atoms with van der Waals surface area (Å²) >= 11 is 0. The maximum atomic E-state index is 13.3. The largest absolute Gasteiger partial charge is 1.00 e. The molecule has 1 atom stereocenters. The van der Waals surface area contributed by atoms with E-state index in [0.717, 1.165) is 10.5 Å². The molecule has 1 N–H and O–H groups in total. The van der Waals surface area contributed by atoms with Crippen molar-refractivity contribution in [2.24, 2.45) is 0 Å². The number of nitrogens with one attached hydrogen (secondary N) is 1. The summed E-state index contributed by atoms with van der Waals surface area (Å²) < 4.78 is 0. The molecular weight excluding hydrogens is 642 g/mol. The van der Waals surface area contributed by atoms with Crippen molar-refractivity contribution in [2.75, 3.05) is 29.9 Å². The van der Waals surface area contributed by atoms with Crippen LogP contribution in [-0.4, -0.2) is 66.3 Å². The Hall–Kier alpha value is -1.46. The van der Waals surface area contributed by atoms with Crippen molar-refractivity contribution < 1.29 is 167 Å². The van der Waals surface area contributed by atoms with Gasteiger partial charge in [0.1, 0.15) is 0 Å². The summed E-state index contributed by atoms with van der Waals surface area (Å²) in [7, 11) is 0. The van der Waals surface area contributed by atoms with Crippen molar-refractivity contribution in [1.29, 1.82) is 0 Å². The van der Waals surface area contributed by atoms with E-state index in [4.69, 9.17) is 0 Å². The third kappa shape index (κ3) is 10.8. The molecule has 1 unspecified atom stereocenters. The van der Waals surface area contributed by atoms with Crippen LogP contribution >= 0.6 is 0 Å². The van der Waals surface area contributed by atoms with Crippen LogP contribution in [0.1, 0.15) is 39.1 Å². The summed E-state index contributed by atoms with van der Waals surface area (Å²) in [5.74, 6) is -7.91. The third-order valence-electron chi connectivity index (χ3n) is 6.82. The average Bonchev–Trinajstić information content (AvgIpc) is 2.93. The molecule has 2 amide bonds. The molecule has 0 saturated heterocycles. The number of aliphatic carboxylic acids is 4. The molecule has 0 radical (unpaired) electrons. The second kappa shape index (κ2) is 20.1. The number of anilines is 2. The van der Waals surface area contributed by atoms with Gasteiger partial charge in [-0.15, -0.1) is 0 Å². The zero-order valence-electron chi connectivity index (χ0n) is 26.0. The summed E-state index contributed by atoms with van der Waals surface area (Å²) in [6, 6.07) is 12.6. The van der Waals surface area contributed by atoms with Gasteiger partial charge in [0.05, 0.1) is 37.0 Å². The standard InChI is InChI=1S/C29H27N3O10.4Na/c33-23(34)11-10-22(29(41)42)32-27(39)19-3-1-2-18-21(9-8-20(26(18)19)28(32)40)30-13-12-16-4-6-17(7-5-16)31(14-24(35)36)15-25(37)38;;;;/h1-9,22,30H,10-15H2,(H,33,34)(H,35,36)(H,37,38)(H,41,42);;;;/q;4*+1/p-4. The van der Waals surface area contributed by atoms with Gasteiger partial charge in [-0.25, -0.2) is 0 Å². The van der Waals surface area contributed by atoms with Gasteiger partial charge in [-0.2, -0.15) is 0 Å². The Morgan fingerprint density at radius 3 is 1.83 bits per heavy atom. The number of imide groups is 1. The van der Waals surface area contributed by atoms with Crippen LogP contribution in [-0.2, 0) is 25.6 Å². The van der Waals surface area contributed by atoms with Crippen molar-refractivity contribution in [3.63, 3.8) is 0 Å². The molecule has 218 valence electrons. The van der Waals surface area contributed by atoms with Crippen LogP contribution in [0.25, 0.3) is 10.8 Å². The second-order valence-corrected chi connectivity index (χ2v) is 9.56. The van der Waals surface area contributed by atoms with Crippen molar-refractivity contribution >= 4 is 57.8 Å². The Balaban J connectivity index is 0.00000506. The molecule has 17 heteroatoms. The van der Waals surface area contributed by atoms with Gasteiger partial charge in [0.25, 0.3) is 11.8 Å². The van der Waals surface area contributed by atoms with Crippen LogP contribution in [0, 0.1) is 0 Å². The minimum atomic E-state index is -1.79. The molecule has 0 fully saturated rings. The molecule has 3 aromatic carbocycles. The monoisotopic (exact) mass is 665 g/mol. The summed E-state index contributed by atoms with van der Waals surface area (Å²) in [5.41, 5.74) is 1.98. The molecule has 46 heavy (non-hydrogen) atoms. The number of hydrogen-bond acceptors (Lipinski definition) is 12. The second-order valence-electron chi connectivity index (χ2n) is 9.56. The molecule has 0 bridgehead atoms. The molecule has 4 rings (SSSR count). The predicted octanol–water partition coefficient (Wildman–Crippen LogP) is -14.9. The zero-order valence-corrected chi connectivity index (χ0v) is 34.0. The van der Waals surface area contributed by atoms with E-state index in [2.05, 4.69) is 5.32 Å². The van der Waals surface area contributed by atoms with E-state index in [9.17, 15) is 49.2 Å². The smallest absolute Gasteiger partial charge is 0.550 e. The van der Waals surface area contributed by atoms with E-state index in [-0.39, 0.29) is 129 Å². The number of carbonyl (C=O) groups is 6. The summed E-state index contributed by atoms with van der Waals surface area (Å²) in [6.07, 6.45) is -0.739. The minimum absolute atomic E-state index is 0. The topological polar surface area (TPSA) is 213 Å². The first-order valence-electron chi connectivity index (χ1n) is 12.8. The van der Waals surface area contributed by atoms with Gasteiger partial charge in [-0.1, -0.05) is 24.3 Å². The van der Waals surface area contributed by atoms with E-state index in [0.29, 0.717) is 40.0 Å². The molecular formula is C29H23N3Na4O10. The van der Waals surface area contributed by atoms with Crippen molar-refractivity contribution in [1.82, 2.24) is 4.90 Å². The number of hydrogen-bond donors (Lipinski definition) is 1. The van der Waals surface area contributed by atoms with Gasteiger partial charge in [0, 0.05) is 45.8 Å². The number of carboxylic acid groups (broad SMARTS) is 4. The summed E-state index contributed by atoms with van der Waals surface area (Å²) in [4.78, 5) is 72.7. The van der Waals surface area contributed by atoms with Gasteiger partial charge in [0.2, 0.25) is 0 Å². The predicted molar refractivity (Wildman–Crippen MR) is 138 cm³/mol. The van der Waals surface area contributed by atoms with E-state index in [1.165, 1.54) is 12.1 Å². The van der Waals surface area contributed by atoms with Gasteiger partial charge in [-0.05, 0) is 55.2 Å². The van der Waals surface area contributed by atoms with Crippen molar-refractivity contribution in [3.8, 4) is 0 Å². The summed E-state index contributed by atoms with van der Waals surface area (Å²) in [6.45, 7) is -0.823. The fourth-order valence-electron chi connectivity index (χ4n) is 4.92. The number of carbonyl (C=O) groups excluding carboxylic acids is 6. The maximum absolute atomic E-state index is 13.3. The van der Waals surface area contributed by atoms with E-state index >= 15 is 0 Å². The molecule has 0 spiro atoms. The molecule has 1 heterocycles. The van der Waals surface area contributed by atoms with Crippen LogP contribution in [0.15, 0.2) is 54.6 Å². The molecule has 0 saturated carbocycles. The fraction of sp³-hybridized carbons (Fsp3) is 0.241. The minimum Gasteiger partial charge on any atom is -0.550 e. The first-order valence-corrected chi connectivity index (χ1v) is 12.8. The van der Waals surface area contributed by atoms with Gasteiger partial charge >= 0.3 is 118 Å². The van der Waals surface area contributed by atoms with Gasteiger partial charge in [0.15, 0.2) is 0 Å². The molecule has 1 aliphatic rings. The van der Waals surface area contributed by atoms with E-state index < -0.39 is 67.7 Å². The van der Waals surface area contributed by atoms with E-state index in [1.54, 1.807) is 42.5 Å². The Labute approximate surface area is 352 Å². The van der Waals surface area contributed by atoms with Crippen LogP contribution in [0.4, 0.5) is 11.4 Å². The number of benzene rings is 3. The van der Waals surface area contributed by atoms with Gasteiger partial charge < -0.3 is 49.8 Å². The number of carboxylic acids is 4. The first kappa shape index (κ1) is 44.5. The fourth-order valence-corrected chi connectivity index (χ4v) is 4.92. The Morgan fingerprint density at radius 2 is 1.30 bits per heavy atom. The number of nitrogens with zero attached hydrogens (tertiary/aromatic N) is 2. The molecule has 0 aromatic heterocycles. The first-order chi connectivity index (χ1) is 20.0. The van der Waals surface area contributed by atoms with Crippen LogP contribution in [0.2, 0.25) is 0 Å². The Morgan fingerprint density at radius 1 is 0.739 bits per heavy atom. The van der Waals surface area contributed by atoms with Crippen LogP contribution in [0.3, 0.4) is 0 Å². The molecule has 0 aliphatic carbocycles. The quantitative estimate of drug-likeness (QED) is 0.126. The van der Waals surface area contributed by atoms with Gasteiger partial charge in [-0.3, -0.25) is 14.5 Å². The molecule has 3 aromatic rings. The number of amides is 2. The average molecular weight is 665 g/mol. The molecule has 13 nitrogen and oxygen atoms in total. The maximum Gasteiger partial charge on any atom is 1.00 e. The Kier molecular flexibility index (Phi) is 19.5. The third-order valence-corrected chi connectivity index (χ3v) is 6.82. The zero-order chi connectivity index (χ0) is 30.6. The van der Waals surface area contributed by atoms with Crippen molar-refractivity contribution in [2.45, 2.75) is 25.3 Å². The number of rotatable bonds is 14. The van der Waals surface area contributed by atoms with Crippen LogP contribution in [0.5, 0.6) is 0 Å². The van der Waals surface area contributed by atoms with Crippen LogP contribution < -0.4 is 149 Å². The summed E-state index contributed by atoms with van der Waals surface area (Å²) in [5, 5.41) is 48.7. The SMILES string of the molecule is O=C([O-])CCC(C(=O)[O-])N1C(=O)c2cccc3c(NCCc4ccc(N(CC(=O)[O-])CC(=O)[O-])cc4)ccc(c23)C1=O.[Na+].[Na+].[Na+].[Na+]. The van der Waals surface area contributed by atoms with Crippen molar-refractivity contribution in [3.05, 3.63) is 71.3 Å². The Bertz CT molecular complexity index is 1570.